The Hall–Kier alpha value is -2.82. The van der Waals surface area contributed by atoms with Crippen LogP contribution in [0.1, 0.15) is 18.1 Å². The summed E-state index contributed by atoms with van der Waals surface area (Å²) in [6.45, 7) is 2.06. The predicted octanol–water partition coefficient (Wildman–Crippen LogP) is 3.46. The molecule has 5 nitrogen and oxygen atoms in total. The van der Waals surface area contributed by atoms with Gasteiger partial charge in [0.25, 0.3) is 0 Å². The number of nitrogens with zero attached hydrogens (tertiary/aromatic N) is 1. The molecule has 0 radical (unpaired) electrons. The lowest BCUT2D eigenvalue weighted by molar-refractivity contribution is 0.168. The van der Waals surface area contributed by atoms with Gasteiger partial charge < -0.3 is 9.94 Å². The van der Waals surface area contributed by atoms with E-state index in [9.17, 15) is 10.0 Å². The van der Waals surface area contributed by atoms with Gasteiger partial charge in [0.05, 0.1) is 6.61 Å². The number of nitrogens with one attached hydrogen (secondary N) is 1. The van der Waals surface area contributed by atoms with Crippen molar-refractivity contribution in [3.05, 3.63) is 53.6 Å². The van der Waals surface area contributed by atoms with E-state index in [2.05, 4.69) is 10.5 Å². The van der Waals surface area contributed by atoms with Crippen LogP contribution in [0.2, 0.25) is 0 Å². The summed E-state index contributed by atoms with van der Waals surface area (Å²) >= 11 is 0. The zero-order valence-electron chi connectivity index (χ0n) is 11.5. The van der Waals surface area contributed by atoms with E-state index in [-0.39, 0.29) is 0 Å². The number of hydrogen-bond donors (Lipinski definition) is 2. The standard InChI is InChI=1S/C16H14N2O3/c1-2-21-16(19)17-10-7-8-12-11-5-3-4-6-13(11)15(18-20)14(12)9-10/h3-9,20H,2H2,1H3,(H,17,19)/b18-15-. The molecule has 1 amide bonds. The van der Waals surface area contributed by atoms with Gasteiger partial charge in [0, 0.05) is 16.8 Å². The van der Waals surface area contributed by atoms with Crippen LogP contribution in [0.5, 0.6) is 0 Å². The van der Waals surface area contributed by atoms with Gasteiger partial charge in [0.2, 0.25) is 0 Å². The maximum Gasteiger partial charge on any atom is 0.411 e. The normalized spacial score (nSPS) is 13.7. The fourth-order valence-electron chi connectivity index (χ4n) is 2.52. The van der Waals surface area contributed by atoms with Crippen LogP contribution in [0.25, 0.3) is 11.1 Å². The number of benzene rings is 2. The summed E-state index contributed by atoms with van der Waals surface area (Å²) in [6.07, 6.45) is -0.504. The molecule has 0 spiro atoms. The number of carbonyl (C=O) groups excluding carboxylic acids is 1. The van der Waals surface area contributed by atoms with Crippen LogP contribution in [0.3, 0.4) is 0 Å². The van der Waals surface area contributed by atoms with Gasteiger partial charge in [0.15, 0.2) is 0 Å². The van der Waals surface area contributed by atoms with Crippen molar-refractivity contribution in [2.45, 2.75) is 6.92 Å². The highest BCUT2D eigenvalue weighted by Crippen LogP contribution is 2.38. The Labute approximate surface area is 121 Å². The highest BCUT2D eigenvalue weighted by molar-refractivity contribution is 6.24. The van der Waals surface area contributed by atoms with Crippen LogP contribution in [-0.2, 0) is 4.74 Å². The topological polar surface area (TPSA) is 70.9 Å². The number of ether oxygens (including phenoxy) is 1. The lowest BCUT2D eigenvalue weighted by atomic mass is 10.1. The second-order valence-corrected chi connectivity index (χ2v) is 4.60. The zero-order chi connectivity index (χ0) is 14.8. The fourth-order valence-corrected chi connectivity index (χ4v) is 2.52. The quantitative estimate of drug-likeness (QED) is 0.558. The number of anilines is 1. The molecule has 2 N–H and O–H groups in total. The molecule has 1 aliphatic rings. The maximum absolute atomic E-state index is 11.5. The van der Waals surface area contributed by atoms with Gasteiger partial charge in [-0.05, 0) is 30.2 Å². The lowest BCUT2D eigenvalue weighted by Gasteiger charge is -2.07. The van der Waals surface area contributed by atoms with Crippen molar-refractivity contribution >= 4 is 17.5 Å². The number of fused-ring (bicyclic) bond motifs is 3. The van der Waals surface area contributed by atoms with Crippen molar-refractivity contribution in [3.63, 3.8) is 0 Å². The van der Waals surface area contributed by atoms with Gasteiger partial charge in [-0.25, -0.2) is 4.79 Å². The number of rotatable bonds is 2. The summed E-state index contributed by atoms with van der Waals surface area (Å²) in [5, 5.41) is 15.3. The first-order chi connectivity index (χ1) is 10.2. The largest absolute Gasteiger partial charge is 0.450 e. The molecule has 0 aromatic heterocycles. The van der Waals surface area contributed by atoms with E-state index in [1.807, 2.05) is 30.3 Å². The zero-order valence-corrected chi connectivity index (χ0v) is 11.5. The third-order valence-corrected chi connectivity index (χ3v) is 3.37. The fraction of sp³-hybridized carbons (Fsp3) is 0.125. The Morgan fingerprint density at radius 2 is 1.86 bits per heavy atom. The number of oxime groups is 1. The van der Waals surface area contributed by atoms with Crippen LogP contribution < -0.4 is 5.32 Å². The molecule has 0 bridgehead atoms. The predicted molar refractivity (Wildman–Crippen MR) is 79.9 cm³/mol. The molecule has 3 rings (SSSR count). The Kier molecular flexibility index (Phi) is 3.31. The van der Waals surface area contributed by atoms with E-state index in [0.29, 0.717) is 18.0 Å². The Morgan fingerprint density at radius 1 is 1.14 bits per heavy atom. The molecule has 2 aromatic carbocycles. The number of carbonyl (C=O) groups is 1. The van der Waals surface area contributed by atoms with E-state index < -0.39 is 6.09 Å². The Morgan fingerprint density at radius 3 is 2.57 bits per heavy atom. The molecule has 2 aromatic rings. The summed E-state index contributed by atoms with van der Waals surface area (Å²) in [7, 11) is 0. The molecule has 0 heterocycles. The van der Waals surface area contributed by atoms with Crippen molar-refractivity contribution in [2.24, 2.45) is 5.16 Å². The number of amides is 1. The lowest BCUT2D eigenvalue weighted by Crippen LogP contribution is -2.13. The molecule has 0 fully saturated rings. The van der Waals surface area contributed by atoms with E-state index in [4.69, 9.17) is 4.74 Å². The van der Waals surface area contributed by atoms with Crippen molar-refractivity contribution in [1.29, 1.82) is 0 Å². The highest BCUT2D eigenvalue weighted by atomic mass is 16.5. The molecule has 0 saturated carbocycles. The van der Waals surface area contributed by atoms with Crippen LogP contribution in [-0.4, -0.2) is 23.6 Å². The summed E-state index contributed by atoms with van der Waals surface area (Å²) in [5.74, 6) is 0. The van der Waals surface area contributed by atoms with Crippen LogP contribution >= 0.6 is 0 Å². The second-order valence-electron chi connectivity index (χ2n) is 4.60. The van der Waals surface area contributed by atoms with Gasteiger partial charge in [-0.2, -0.15) is 0 Å². The first-order valence-electron chi connectivity index (χ1n) is 6.64. The molecule has 0 unspecified atom stereocenters. The van der Waals surface area contributed by atoms with Crippen molar-refractivity contribution in [1.82, 2.24) is 0 Å². The van der Waals surface area contributed by atoms with Gasteiger partial charge >= 0.3 is 6.09 Å². The minimum atomic E-state index is -0.504. The van der Waals surface area contributed by atoms with Gasteiger partial charge in [-0.15, -0.1) is 0 Å². The smallest absolute Gasteiger partial charge is 0.411 e. The maximum atomic E-state index is 11.5. The average molecular weight is 282 g/mol. The monoisotopic (exact) mass is 282 g/mol. The van der Waals surface area contributed by atoms with E-state index >= 15 is 0 Å². The summed E-state index contributed by atoms with van der Waals surface area (Å²) in [6, 6.07) is 13.2. The molecule has 0 aliphatic heterocycles. The molecule has 21 heavy (non-hydrogen) atoms. The Bertz CT molecular complexity index is 738. The third-order valence-electron chi connectivity index (χ3n) is 3.37. The van der Waals surface area contributed by atoms with Crippen LogP contribution in [0, 0.1) is 0 Å². The van der Waals surface area contributed by atoms with E-state index in [1.165, 1.54) is 0 Å². The Balaban J connectivity index is 2.01. The first kappa shape index (κ1) is 13.2. The number of hydrogen-bond acceptors (Lipinski definition) is 4. The van der Waals surface area contributed by atoms with E-state index in [0.717, 1.165) is 22.3 Å². The van der Waals surface area contributed by atoms with E-state index in [1.54, 1.807) is 19.1 Å². The minimum absolute atomic E-state index is 0.311. The first-order valence-corrected chi connectivity index (χ1v) is 6.64. The molecule has 0 atom stereocenters. The van der Waals surface area contributed by atoms with Crippen LogP contribution in [0.15, 0.2) is 47.6 Å². The van der Waals surface area contributed by atoms with Gasteiger partial charge in [0.1, 0.15) is 5.71 Å². The molecule has 5 heteroatoms. The molecule has 106 valence electrons. The summed E-state index contributed by atoms with van der Waals surface area (Å²) in [4.78, 5) is 11.5. The van der Waals surface area contributed by atoms with Crippen molar-refractivity contribution in [2.75, 3.05) is 11.9 Å². The average Bonchev–Trinajstić information content (AvgIpc) is 2.80. The summed E-state index contributed by atoms with van der Waals surface area (Å²) in [5.41, 5.74) is 4.77. The van der Waals surface area contributed by atoms with Crippen LogP contribution in [0.4, 0.5) is 10.5 Å². The molecule has 0 saturated heterocycles. The highest BCUT2D eigenvalue weighted by Gasteiger charge is 2.25. The van der Waals surface area contributed by atoms with Crippen molar-refractivity contribution in [3.8, 4) is 11.1 Å². The molecular weight excluding hydrogens is 268 g/mol. The van der Waals surface area contributed by atoms with Crippen molar-refractivity contribution < 1.29 is 14.7 Å². The third kappa shape index (κ3) is 2.23. The molecule has 1 aliphatic carbocycles. The van der Waals surface area contributed by atoms with Gasteiger partial charge in [-0.3, -0.25) is 5.32 Å². The summed E-state index contributed by atoms with van der Waals surface area (Å²) < 4.78 is 4.85. The SMILES string of the molecule is CCOC(=O)Nc1ccc2c(c1)/C(=N\O)c1ccccc1-2. The molecular formula is C16H14N2O3. The minimum Gasteiger partial charge on any atom is -0.450 e. The van der Waals surface area contributed by atoms with Gasteiger partial charge in [-0.1, -0.05) is 35.5 Å². The second kappa shape index (κ2) is 5.28.